The van der Waals surface area contributed by atoms with E-state index in [4.69, 9.17) is 14.0 Å². The van der Waals surface area contributed by atoms with E-state index in [0.717, 1.165) is 50.8 Å². The van der Waals surface area contributed by atoms with Crippen LogP contribution in [0.4, 0.5) is 4.79 Å². The fraction of sp³-hybridized carbons (Fsp3) is 0.500. The number of amides is 1. The average Bonchev–Trinajstić information content (AvgIpc) is 3.74. The maximum Gasteiger partial charge on any atom is 0.490 e. The van der Waals surface area contributed by atoms with Gasteiger partial charge in [-0.25, -0.2) is 14.8 Å². The third-order valence-electron chi connectivity index (χ3n) is 10.3. The molecule has 1 aliphatic carbocycles. The normalized spacial score (nSPS) is 17.7. The Bertz CT molecular complexity index is 1940. The van der Waals surface area contributed by atoms with Gasteiger partial charge in [-0.2, -0.15) is 10.2 Å². The number of aromatic nitrogens is 6. The van der Waals surface area contributed by atoms with Crippen LogP contribution in [-0.4, -0.2) is 77.5 Å². The molecule has 7 rings (SSSR count). The lowest BCUT2D eigenvalue weighted by molar-refractivity contribution is 0.00578. The highest BCUT2D eigenvalue weighted by Crippen LogP contribution is 2.39. The predicted octanol–water partition coefficient (Wildman–Crippen LogP) is 9.49. The number of halogens is 1. The Kier molecular flexibility index (Phi) is 13.3. The van der Waals surface area contributed by atoms with Crippen LogP contribution in [0.25, 0.3) is 28.3 Å². The van der Waals surface area contributed by atoms with Gasteiger partial charge < -0.3 is 18.9 Å². The number of carbonyl (C=O) groups is 1. The molecule has 2 aromatic heterocycles. The Balaban J connectivity index is 0.000000162. The summed E-state index contributed by atoms with van der Waals surface area (Å²) in [6, 6.07) is 16.6. The number of nitrogens with zero attached hydrogens (tertiary/aromatic N) is 7. The number of benzene rings is 2. The fourth-order valence-corrected chi connectivity index (χ4v) is 6.35. The van der Waals surface area contributed by atoms with Crippen molar-refractivity contribution in [3.63, 3.8) is 0 Å². The van der Waals surface area contributed by atoms with Gasteiger partial charge in [-0.15, -0.1) is 0 Å². The second-order valence-electron chi connectivity index (χ2n) is 16.3. The number of hydrogen-bond acceptors (Lipinski definition) is 8. The van der Waals surface area contributed by atoms with Crippen molar-refractivity contribution in [2.45, 2.75) is 111 Å². The highest BCUT2D eigenvalue weighted by Gasteiger charge is 2.52. The molecule has 0 spiro atoms. The molecule has 11 nitrogen and oxygen atoms in total. The Morgan fingerprint density at radius 1 is 0.782 bits per heavy atom. The molecular formula is C42H57BBrN7O4. The van der Waals surface area contributed by atoms with E-state index in [1.165, 1.54) is 36.8 Å². The van der Waals surface area contributed by atoms with Crippen LogP contribution < -0.4 is 0 Å². The van der Waals surface area contributed by atoms with E-state index >= 15 is 0 Å². The maximum absolute atomic E-state index is 12.1. The Morgan fingerprint density at radius 3 is 1.71 bits per heavy atom. The highest BCUT2D eigenvalue weighted by atomic mass is 79.9. The van der Waals surface area contributed by atoms with Gasteiger partial charge in [-0.3, -0.25) is 9.36 Å². The van der Waals surface area contributed by atoms with Gasteiger partial charge in [0.2, 0.25) is 0 Å². The molecule has 1 saturated heterocycles. The van der Waals surface area contributed by atoms with Gasteiger partial charge in [-0.1, -0.05) is 64.5 Å². The zero-order chi connectivity index (χ0) is 40.1. The molecule has 0 radical (unpaired) electrons. The summed E-state index contributed by atoms with van der Waals surface area (Å²) in [6.07, 6.45) is 9.95. The van der Waals surface area contributed by atoms with Crippen LogP contribution in [0.2, 0.25) is 0 Å². The number of ether oxygens (including phenoxy) is 1. The third-order valence-corrected chi connectivity index (χ3v) is 10.8. The molecular weight excluding hydrogens is 757 g/mol. The van der Waals surface area contributed by atoms with Crippen LogP contribution in [-0.2, 0) is 28.1 Å². The van der Waals surface area contributed by atoms with Crippen LogP contribution >= 0.6 is 15.9 Å². The van der Waals surface area contributed by atoms with Crippen LogP contribution in [0, 0.1) is 13.8 Å². The monoisotopic (exact) mass is 813 g/mol. The van der Waals surface area contributed by atoms with Crippen molar-refractivity contribution in [3.8, 4) is 22.8 Å². The first-order valence-electron chi connectivity index (χ1n) is 19.2. The molecule has 2 aliphatic heterocycles. The lowest BCUT2D eigenvalue weighted by Crippen LogP contribution is -2.41. The van der Waals surface area contributed by atoms with E-state index < -0.39 is 5.60 Å². The fourth-order valence-electron chi connectivity index (χ4n) is 6.09. The van der Waals surface area contributed by atoms with E-state index in [-0.39, 0.29) is 24.4 Å². The van der Waals surface area contributed by atoms with Gasteiger partial charge in [0.05, 0.1) is 11.2 Å². The van der Waals surface area contributed by atoms with Gasteiger partial charge >= 0.3 is 13.2 Å². The highest BCUT2D eigenvalue weighted by molar-refractivity contribution is 9.10. The zero-order valence-electron chi connectivity index (χ0n) is 34.4. The molecule has 0 bridgehead atoms. The van der Waals surface area contributed by atoms with E-state index in [0.29, 0.717) is 13.1 Å². The summed E-state index contributed by atoms with van der Waals surface area (Å²) in [7, 11) is 3.50. The van der Waals surface area contributed by atoms with Gasteiger partial charge in [-0.05, 0) is 123 Å². The minimum Gasteiger partial charge on any atom is -0.444 e. The first-order valence-corrected chi connectivity index (χ1v) is 19.9. The number of rotatable bonds is 4. The number of carbonyl (C=O) groups excluding carboxylic acids is 1. The van der Waals surface area contributed by atoms with Crippen molar-refractivity contribution in [3.05, 3.63) is 87.8 Å². The van der Waals surface area contributed by atoms with Crippen molar-refractivity contribution in [2.75, 3.05) is 13.1 Å². The maximum atomic E-state index is 12.1. The standard InChI is InChI=1S/C16H28BNO4.C16H19N3.C10H10BrN3/c1-14(2,3)20-13(19)18-10-8-12(9-11-18)17-21-15(4,5)16(6,7)22-17;1-12-17-16(18-19(12)2)15-10-8-14(9-11-15)13-6-4-3-5-7-13;1-7-12-10(13-14(7)2)8-3-5-9(11)6-4-8/h8H,9-11H2,1-7H3;6,8-11H,3-5,7H2,1-2H3;3-6H,1-2H3. The summed E-state index contributed by atoms with van der Waals surface area (Å²) in [5.74, 6) is 3.44. The van der Waals surface area contributed by atoms with Crippen LogP contribution in [0.1, 0.15) is 97.8 Å². The minimum absolute atomic E-state index is 0.267. The van der Waals surface area contributed by atoms with E-state index in [1.807, 2.05) is 111 Å². The van der Waals surface area contributed by atoms with Crippen molar-refractivity contribution in [2.24, 2.45) is 14.1 Å². The van der Waals surface area contributed by atoms with Gasteiger partial charge in [0.15, 0.2) is 11.6 Å². The lowest BCUT2D eigenvalue weighted by Gasteiger charge is -2.32. The summed E-state index contributed by atoms with van der Waals surface area (Å²) in [5.41, 5.74) is 4.94. The molecule has 0 N–H and O–H groups in total. The number of aryl methyl sites for hydroxylation is 4. The molecule has 4 heterocycles. The average molecular weight is 815 g/mol. The molecule has 1 amide bonds. The molecule has 4 aromatic rings. The van der Waals surface area contributed by atoms with Crippen molar-refractivity contribution >= 4 is 34.7 Å². The second-order valence-corrected chi connectivity index (χ2v) is 17.2. The Labute approximate surface area is 335 Å². The zero-order valence-corrected chi connectivity index (χ0v) is 36.0. The van der Waals surface area contributed by atoms with Crippen LogP contribution in [0.3, 0.4) is 0 Å². The topological polar surface area (TPSA) is 109 Å². The van der Waals surface area contributed by atoms with Crippen LogP contribution in [0.5, 0.6) is 0 Å². The summed E-state index contributed by atoms with van der Waals surface area (Å²) in [4.78, 5) is 22.6. The van der Waals surface area contributed by atoms with Crippen molar-refractivity contribution in [1.29, 1.82) is 0 Å². The molecule has 2 aromatic carbocycles. The van der Waals surface area contributed by atoms with Crippen LogP contribution in [0.15, 0.2) is 70.6 Å². The molecule has 55 heavy (non-hydrogen) atoms. The first-order chi connectivity index (χ1) is 25.8. The van der Waals surface area contributed by atoms with Crippen molar-refractivity contribution in [1.82, 2.24) is 34.4 Å². The second kappa shape index (κ2) is 17.4. The SMILES string of the molecule is CC(C)(C)OC(=O)N1CC=C(B2OC(C)(C)C(C)(C)O2)CC1.Cc1nc(-c2ccc(Br)cc2)nn1C.Cc1nc(-c2ccc(C3=CCCCC3)cc2)nn1C. The molecule has 0 saturated carbocycles. The van der Waals surface area contributed by atoms with Crippen molar-refractivity contribution < 1.29 is 18.8 Å². The molecule has 3 aliphatic rings. The predicted molar refractivity (Wildman–Crippen MR) is 223 cm³/mol. The number of allylic oxidation sites excluding steroid dienone is 2. The van der Waals surface area contributed by atoms with E-state index in [9.17, 15) is 4.79 Å². The van der Waals surface area contributed by atoms with E-state index in [1.54, 1.807) is 9.58 Å². The van der Waals surface area contributed by atoms with Gasteiger partial charge in [0.1, 0.15) is 17.2 Å². The quantitative estimate of drug-likeness (QED) is 0.188. The van der Waals surface area contributed by atoms with E-state index in [2.05, 4.69) is 66.4 Å². The van der Waals surface area contributed by atoms with Gasteiger partial charge in [0.25, 0.3) is 0 Å². The minimum atomic E-state index is -0.465. The summed E-state index contributed by atoms with van der Waals surface area (Å²) >= 11 is 3.39. The summed E-state index contributed by atoms with van der Waals surface area (Å²) in [5, 5.41) is 8.71. The molecule has 13 heteroatoms. The smallest absolute Gasteiger partial charge is 0.444 e. The molecule has 0 unspecified atom stereocenters. The van der Waals surface area contributed by atoms with Gasteiger partial charge in [0, 0.05) is 42.8 Å². The molecule has 294 valence electrons. The number of hydrogen-bond donors (Lipinski definition) is 0. The summed E-state index contributed by atoms with van der Waals surface area (Å²) in [6.45, 7) is 18.9. The first kappa shape index (κ1) is 42.1. The Hall–Kier alpha value is -4.07. The molecule has 0 atom stereocenters. The summed E-state index contributed by atoms with van der Waals surface area (Å²) < 4.78 is 22.2. The lowest BCUT2D eigenvalue weighted by atomic mass is 9.75. The molecule has 1 fully saturated rings. The third kappa shape index (κ3) is 11.0. The largest absolute Gasteiger partial charge is 0.490 e. The Morgan fingerprint density at radius 2 is 1.29 bits per heavy atom.